The first-order chi connectivity index (χ1) is 6.38. The molecule has 1 rings (SSSR count). The van der Waals surface area contributed by atoms with Gasteiger partial charge >= 0.3 is 0 Å². The number of hydrogen-bond donors (Lipinski definition) is 1. The zero-order valence-electron chi connectivity index (χ0n) is 9.23. The van der Waals surface area contributed by atoms with Crippen LogP contribution >= 0.6 is 27.3 Å². The lowest BCUT2D eigenvalue weighted by Gasteiger charge is -2.29. The van der Waals surface area contributed by atoms with Gasteiger partial charge in [-0.1, -0.05) is 20.8 Å². The minimum Gasteiger partial charge on any atom is -0.323 e. The lowest BCUT2D eigenvalue weighted by Crippen LogP contribution is -2.27. The number of halogens is 1. The molecule has 0 saturated heterocycles. The van der Waals surface area contributed by atoms with Gasteiger partial charge in [-0.2, -0.15) is 0 Å². The molecule has 1 aromatic rings. The molecule has 1 unspecified atom stereocenters. The average Bonchev–Trinajstić information content (AvgIpc) is 2.45. The molecule has 0 aliphatic heterocycles. The number of rotatable bonds is 3. The van der Waals surface area contributed by atoms with Gasteiger partial charge in [-0.15, -0.1) is 11.3 Å². The summed E-state index contributed by atoms with van der Waals surface area (Å²) in [6, 6.07) is 2.30. The van der Waals surface area contributed by atoms with Gasteiger partial charge in [0.05, 0.1) is 0 Å². The Hall–Kier alpha value is 0.140. The highest BCUT2D eigenvalue weighted by Gasteiger charge is 2.27. The van der Waals surface area contributed by atoms with Gasteiger partial charge in [0.15, 0.2) is 0 Å². The fourth-order valence-electron chi connectivity index (χ4n) is 1.24. The van der Waals surface area contributed by atoms with Gasteiger partial charge in [0.1, 0.15) is 0 Å². The first-order valence-corrected chi connectivity index (χ1v) is 6.51. The number of aryl methyl sites for hydroxylation is 1. The van der Waals surface area contributed by atoms with Gasteiger partial charge in [-0.3, -0.25) is 0 Å². The molecule has 0 aliphatic rings. The third kappa shape index (κ3) is 2.38. The molecule has 2 N–H and O–H groups in total. The predicted octanol–water partition coefficient (Wildman–Crippen LogP) is 4.26. The molecule has 14 heavy (non-hydrogen) atoms. The van der Waals surface area contributed by atoms with E-state index in [0.717, 1.165) is 6.42 Å². The van der Waals surface area contributed by atoms with Gasteiger partial charge in [-0.05, 0) is 40.8 Å². The summed E-state index contributed by atoms with van der Waals surface area (Å²) in [5, 5.41) is 0. The van der Waals surface area contributed by atoms with Crippen LogP contribution in [0.5, 0.6) is 0 Å². The van der Waals surface area contributed by atoms with E-state index in [1.807, 2.05) is 0 Å². The summed E-state index contributed by atoms with van der Waals surface area (Å²) < 4.78 is 1.18. The highest BCUT2D eigenvalue weighted by atomic mass is 79.9. The van der Waals surface area contributed by atoms with Crippen molar-refractivity contribution in [1.82, 2.24) is 0 Å². The average molecular weight is 276 g/mol. The Morgan fingerprint density at radius 1 is 1.57 bits per heavy atom. The Balaban J connectivity index is 2.94. The Kier molecular flexibility index (Phi) is 3.78. The summed E-state index contributed by atoms with van der Waals surface area (Å²) in [5.74, 6) is 0. The number of nitrogens with two attached hydrogens (primary N) is 1. The van der Waals surface area contributed by atoms with Gasteiger partial charge in [-0.25, -0.2) is 0 Å². The predicted molar refractivity (Wildman–Crippen MR) is 67.8 cm³/mol. The van der Waals surface area contributed by atoms with Crippen molar-refractivity contribution in [2.24, 2.45) is 11.1 Å². The molecule has 1 heterocycles. The van der Waals surface area contributed by atoms with Gasteiger partial charge in [0.2, 0.25) is 0 Å². The normalized spacial score (nSPS) is 14.4. The van der Waals surface area contributed by atoms with Crippen molar-refractivity contribution < 1.29 is 0 Å². The van der Waals surface area contributed by atoms with Crippen LogP contribution in [0.4, 0.5) is 0 Å². The third-order valence-electron chi connectivity index (χ3n) is 2.94. The van der Waals surface area contributed by atoms with Crippen molar-refractivity contribution in [1.29, 1.82) is 0 Å². The zero-order chi connectivity index (χ0) is 10.9. The van der Waals surface area contributed by atoms with Crippen molar-refractivity contribution in [3.05, 3.63) is 20.3 Å². The molecule has 1 nitrogen and oxygen atoms in total. The number of hydrogen-bond acceptors (Lipinski definition) is 2. The van der Waals surface area contributed by atoms with Crippen LogP contribution in [0, 0.1) is 12.3 Å². The first kappa shape index (κ1) is 12.2. The van der Waals surface area contributed by atoms with E-state index in [1.165, 1.54) is 14.2 Å². The molecule has 1 aromatic heterocycles. The summed E-state index contributed by atoms with van der Waals surface area (Å²) >= 11 is 5.32. The van der Waals surface area contributed by atoms with E-state index < -0.39 is 0 Å². The maximum atomic E-state index is 6.26. The minimum absolute atomic E-state index is 0.141. The van der Waals surface area contributed by atoms with Crippen LogP contribution in [0.1, 0.15) is 43.0 Å². The van der Waals surface area contributed by atoms with Crippen LogP contribution in [0.25, 0.3) is 0 Å². The minimum atomic E-state index is 0.141. The summed E-state index contributed by atoms with van der Waals surface area (Å²) in [6.45, 7) is 8.75. The van der Waals surface area contributed by atoms with Gasteiger partial charge in [0.25, 0.3) is 0 Å². The van der Waals surface area contributed by atoms with Crippen LogP contribution in [0.3, 0.4) is 0 Å². The van der Waals surface area contributed by atoms with Crippen LogP contribution < -0.4 is 5.73 Å². The SMILES string of the molecule is CCC(C)(C)C(N)c1cc(Br)c(C)s1. The molecular formula is C11H18BrNS. The first-order valence-electron chi connectivity index (χ1n) is 4.90. The van der Waals surface area contributed by atoms with Crippen molar-refractivity contribution >= 4 is 27.3 Å². The van der Waals surface area contributed by atoms with E-state index >= 15 is 0 Å². The van der Waals surface area contributed by atoms with Crippen LogP contribution in [-0.4, -0.2) is 0 Å². The Labute approximate surface area is 98.8 Å². The fraction of sp³-hybridized carbons (Fsp3) is 0.636. The molecule has 0 spiro atoms. The molecule has 0 bridgehead atoms. The maximum absolute atomic E-state index is 6.26. The fourth-order valence-corrected chi connectivity index (χ4v) is 3.01. The van der Waals surface area contributed by atoms with Crippen LogP contribution in [0.15, 0.2) is 10.5 Å². The molecule has 0 amide bonds. The highest BCUT2D eigenvalue weighted by molar-refractivity contribution is 9.10. The summed E-state index contributed by atoms with van der Waals surface area (Å²) in [7, 11) is 0. The molecule has 0 aromatic carbocycles. The topological polar surface area (TPSA) is 26.0 Å². The molecule has 1 atom stereocenters. The molecule has 80 valence electrons. The molecule has 0 aliphatic carbocycles. The molecule has 0 saturated carbocycles. The highest BCUT2D eigenvalue weighted by Crippen LogP contribution is 2.39. The second-order valence-corrected chi connectivity index (χ2v) is 6.51. The quantitative estimate of drug-likeness (QED) is 0.877. The summed E-state index contributed by atoms with van der Waals surface area (Å²) in [4.78, 5) is 2.59. The standard InChI is InChI=1S/C11H18BrNS/c1-5-11(3,4)10(13)9-6-8(12)7(2)14-9/h6,10H,5,13H2,1-4H3. The Bertz CT molecular complexity index is 298. The Morgan fingerprint density at radius 2 is 2.14 bits per heavy atom. The Morgan fingerprint density at radius 3 is 2.50 bits per heavy atom. The molecule has 0 fully saturated rings. The van der Waals surface area contributed by atoms with Crippen LogP contribution in [-0.2, 0) is 0 Å². The van der Waals surface area contributed by atoms with E-state index in [0.29, 0.717) is 0 Å². The van der Waals surface area contributed by atoms with E-state index in [2.05, 4.69) is 49.7 Å². The smallest absolute Gasteiger partial charge is 0.0442 e. The van der Waals surface area contributed by atoms with E-state index in [9.17, 15) is 0 Å². The van der Waals surface area contributed by atoms with E-state index in [-0.39, 0.29) is 11.5 Å². The maximum Gasteiger partial charge on any atom is 0.0442 e. The van der Waals surface area contributed by atoms with Crippen molar-refractivity contribution in [3.63, 3.8) is 0 Å². The summed E-state index contributed by atoms with van der Waals surface area (Å²) in [5.41, 5.74) is 6.43. The largest absolute Gasteiger partial charge is 0.323 e. The molecule has 3 heteroatoms. The second kappa shape index (κ2) is 4.33. The van der Waals surface area contributed by atoms with Gasteiger partial charge < -0.3 is 5.73 Å². The van der Waals surface area contributed by atoms with Crippen LogP contribution in [0.2, 0.25) is 0 Å². The number of thiophene rings is 1. The zero-order valence-corrected chi connectivity index (χ0v) is 11.6. The molecular weight excluding hydrogens is 258 g/mol. The van der Waals surface area contributed by atoms with E-state index in [1.54, 1.807) is 11.3 Å². The molecule has 0 radical (unpaired) electrons. The lowest BCUT2D eigenvalue weighted by molar-refractivity contribution is 0.281. The second-order valence-electron chi connectivity index (χ2n) is 4.37. The third-order valence-corrected chi connectivity index (χ3v) is 5.16. The van der Waals surface area contributed by atoms with Crippen molar-refractivity contribution in [3.8, 4) is 0 Å². The summed E-state index contributed by atoms with van der Waals surface area (Å²) in [6.07, 6.45) is 1.10. The monoisotopic (exact) mass is 275 g/mol. The van der Waals surface area contributed by atoms with Gasteiger partial charge in [0, 0.05) is 20.3 Å². The lowest BCUT2D eigenvalue weighted by atomic mass is 9.82. The van der Waals surface area contributed by atoms with Crippen molar-refractivity contribution in [2.75, 3.05) is 0 Å². The van der Waals surface area contributed by atoms with E-state index in [4.69, 9.17) is 5.73 Å². The van der Waals surface area contributed by atoms with Crippen molar-refractivity contribution in [2.45, 2.75) is 40.2 Å².